The Morgan fingerprint density at radius 1 is 1.38 bits per heavy atom. The van der Waals surface area contributed by atoms with Gasteiger partial charge in [-0.25, -0.2) is 9.78 Å². The van der Waals surface area contributed by atoms with Gasteiger partial charge in [0.1, 0.15) is 5.01 Å². The van der Waals surface area contributed by atoms with Crippen molar-refractivity contribution in [2.75, 3.05) is 32.7 Å². The number of amides is 2. The summed E-state index contributed by atoms with van der Waals surface area (Å²) in [6.07, 6.45) is 0.789. The number of urea groups is 1. The number of hydrogen-bond donors (Lipinski definition) is 2. The van der Waals surface area contributed by atoms with Gasteiger partial charge in [-0.05, 0) is 13.3 Å². The van der Waals surface area contributed by atoms with Gasteiger partial charge in [0.05, 0.1) is 13.1 Å². The zero-order valence-corrected chi connectivity index (χ0v) is 12.9. The molecule has 1 aromatic heterocycles. The molecular weight excluding hydrogens is 292 g/mol. The van der Waals surface area contributed by atoms with E-state index in [4.69, 9.17) is 5.11 Å². The first-order valence-corrected chi connectivity index (χ1v) is 7.80. The summed E-state index contributed by atoms with van der Waals surface area (Å²) in [6.45, 7) is 4.90. The largest absolute Gasteiger partial charge is 0.480 e. The van der Waals surface area contributed by atoms with Crippen molar-refractivity contribution >= 4 is 23.3 Å². The molecule has 7 nitrogen and oxygen atoms in total. The standard InChI is InChI=1S/C13H20N4O3S/c1-10-9-21-11(15-10)7-14-13(20)17-4-2-3-16(5-6-17)8-12(18)19/h9H,2-8H2,1H3,(H,14,20)(H,18,19). The van der Waals surface area contributed by atoms with E-state index >= 15 is 0 Å². The van der Waals surface area contributed by atoms with Gasteiger partial charge in [-0.3, -0.25) is 9.69 Å². The SMILES string of the molecule is Cc1csc(CNC(=O)N2CCCN(CC(=O)O)CC2)n1. The average molecular weight is 312 g/mol. The van der Waals surface area contributed by atoms with E-state index in [2.05, 4.69) is 10.3 Å². The minimum atomic E-state index is -0.827. The first-order valence-electron chi connectivity index (χ1n) is 6.92. The maximum Gasteiger partial charge on any atom is 0.317 e. The van der Waals surface area contributed by atoms with Gasteiger partial charge < -0.3 is 15.3 Å². The Balaban J connectivity index is 1.78. The minimum absolute atomic E-state index is 0.0356. The third kappa shape index (κ3) is 4.98. The Hall–Kier alpha value is -1.67. The van der Waals surface area contributed by atoms with Gasteiger partial charge in [0.2, 0.25) is 0 Å². The Morgan fingerprint density at radius 2 is 2.19 bits per heavy atom. The highest BCUT2D eigenvalue weighted by molar-refractivity contribution is 7.09. The Bertz CT molecular complexity index is 505. The molecule has 2 heterocycles. The maximum absolute atomic E-state index is 12.1. The van der Waals surface area contributed by atoms with Crippen molar-refractivity contribution < 1.29 is 14.7 Å². The van der Waals surface area contributed by atoms with Crippen molar-refractivity contribution in [3.63, 3.8) is 0 Å². The van der Waals surface area contributed by atoms with Gasteiger partial charge in [0.15, 0.2) is 0 Å². The van der Waals surface area contributed by atoms with Crippen LogP contribution in [-0.4, -0.2) is 64.6 Å². The van der Waals surface area contributed by atoms with Crippen molar-refractivity contribution in [3.8, 4) is 0 Å². The van der Waals surface area contributed by atoms with Crippen molar-refractivity contribution in [3.05, 3.63) is 16.1 Å². The van der Waals surface area contributed by atoms with Crippen LogP contribution in [0, 0.1) is 6.92 Å². The molecule has 1 aliphatic heterocycles. The van der Waals surface area contributed by atoms with Crippen LogP contribution in [0.5, 0.6) is 0 Å². The quantitative estimate of drug-likeness (QED) is 0.857. The topological polar surface area (TPSA) is 85.8 Å². The number of thiazole rings is 1. The number of aryl methyl sites for hydroxylation is 1. The van der Waals surface area contributed by atoms with Crippen LogP contribution in [-0.2, 0) is 11.3 Å². The highest BCUT2D eigenvalue weighted by atomic mass is 32.1. The number of carbonyl (C=O) groups excluding carboxylic acids is 1. The number of nitrogens with zero attached hydrogens (tertiary/aromatic N) is 3. The number of aromatic nitrogens is 1. The van der Waals surface area contributed by atoms with E-state index in [-0.39, 0.29) is 12.6 Å². The molecule has 0 spiro atoms. The first-order chi connectivity index (χ1) is 10.0. The second kappa shape index (κ2) is 7.37. The van der Waals surface area contributed by atoms with Gasteiger partial charge in [0, 0.05) is 37.3 Å². The number of nitrogens with one attached hydrogen (secondary N) is 1. The number of carbonyl (C=O) groups is 2. The molecule has 21 heavy (non-hydrogen) atoms. The molecule has 2 rings (SSSR count). The van der Waals surface area contributed by atoms with Crippen LogP contribution in [0.25, 0.3) is 0 Å². The van der Waals surface area contributed by atoms with Crippen LogP contribution in [0.15, 0.2) is 5.38 Å². The number of carboxylic acids is 1. The second-order valence-corrected chi connectivity index (χ2v) is 5.99. The lowest BCUT2D eigenvalue weighted by Gasteiger charge is -2.21. The Labute approximate surface area is 127 Å². The molecular formula is C13H20N4O3S. The fourth-order valence-electron chi connectivity index (χ4n) is 2.27. The normalized spacial score (nSPS) is 16.5. The van der Waals surface area contributed by atoms with Crippen molar-refractivity contribution in [1.29, 1.82) is 0 Å². The van der Waals surface area contributed by atoms with Crippen LogP contribution in [0.1, 0.15) is 17.1 Å². The molecule has 1 saturated heterocycles. The fourth-order valence-corrected chi connectivity index (χ4v) is 2.98. The van der Waals surface area contributed by atoms with E-state index in [1.54, 1.807) is 4.90 Å². The molecule has 0 aliphatic carbocycles. The number of hydrogen-bond acceptors (Lipinski definition) is 5. The van der Waals surface area contributed by atoms with Gasteiger partial charge in [-0.1, -0.05) is 0 Å². The summed E-state index contributed by atoms with van der Waals surface area (Å²) in [6, 6.07) is -0.111. The fraction of sp³-hybridized carbons (Fsp3) is 0.615. The van der Waals surface area contributed by atoms with Crippen molar-refractivity contribution in [2.24, 2.45) is 0 Å². The first kappa shape index (κ1) is 15.7. The predicted octanol–water partition coefficient (Wildman–Crippen LogP) is 0.753. The van der Waals surface area contributed by atoms with E-state index in [9.17, 15) is 9.59 Å². The molecule has 0 bridgehead atoms. The molecule has 0 radical (unpaired) electrons. The van der Waals surface area contributed by atoms with Gasteiger partial charge >= 0.3 is 12.0 Å². The average Bonchev–Trinajstić information content (AvgIpc) is 2.70. The number of rotatable bonds is 4. The van der Waals surface area contributed by atoms with Crippen LogP contribution < -0.4 is 5.32 Å². The van der Waals surface area contributed by atoms with E-state index in [1.165, 1.54) is 11.3 Å². The highest BCUT2D eigenvalue weighted by Crippen LogP contribution is 2.08. The van der Waals surface area contributed by atoms with E-state index < -0.39 is 5.97 Å². The smallest absolute Gasteiger partial charge is 0.317 e. The van der Waals surface area contributed by atoms with Gasteiger partial charge in [0.25, 0.3) is 0 Å². The molecule has 2 N–H and O–H groups in total. The Kier molecular flexibility index (Phi) is 5.51. The summed E-state index contributed by atoms with van der Waals surface area (Å²) in [4.78, 5) is 30.7. The molecule has 1 aromatic rings. The zero-order valence-electron chi connectivity index (χ0n) is 12.0. The summed E-state index contributed by atoms with van der Waals surface area (Å²) >= 11 is 1.53. The molecule has 1 aliphatic rings. The molecule has 0 saturated carbocycles. The zero-order chi connectivity index (χ0) is 15.2. The summed E-state index contributed by atoms with van der Waals surface area (Å²) in [5, 5.41) is 14.5. The highest BCUT2D eigenvalue weighted by Gasteiger charge is 2.20. The molecule has 2 amide bonds. The summed E-state index contributed by atoms with van der Waals surface area (Å²) in [7, 11) is 0. The van der Waals surface area contributed by atoms with E-state index in [0.717, 1.165) is 17.1 Å². The number of carboxylic acid groups (broad SMARTS) is 1. The van der Waals surface area contributed by atoms with Gasteiger partial charge in [-0.2, -0.15) is 0 Å². The lowest BCUT2D eigenvalue weighted by molar-refractivity contribution is -0.138. The monoisotopic (exact) mass is 312 g/mol. The predicted molar refractivity (Wildman–Crippen MR) is 79.4 cm³/mol. The molecule has 116 valence electrons. The van der Waals surface area contributed by atoms with E-state index in [0.29, 0.717) is 32.7 Å². The third-order valence-corrected chi connectivity index (χ3v) is 4.26. The van der Waals surface area contributed by atoms with Crippen LogP contribution in [0.4, 0.5) is 4.79 Å². The van der Waals surface area contributed by atoms with Crippen molar-refractivity contribution in [1.82, 2.24) is 20.1 Å². The molecule has 0 unspecified atom stereocenters. The molecule has 1 fully saturated rings. The summed E-state index contributed by atoms with van der Waals surface area (Å²) in [5.74, 6) is -0.827. The van der Waals surface area contributed by atoms with E-state index in [1.807, 2.05) is 17.2 Å². The summed E-state index contributed by atoms with van der Waals surface area (Å²) in [5.41, 5.74) is 0.961. The lowest BCUT2D eigenvalue weighted by Crippen LogP contribution is -2.42. The van der Waals surface area contributed by atoms with Crippen LogP contribution >= 0.6 is 11.3 Å². The summed E-state index contributed by atoms with van der Waals surface area (Å²) < 4.78 is 0. The molecule has 8 heteroatoms. The lowest BCUT2D eigenvalue weighted by atomic mass is 10.4. The van der Waals surface area contributed by atoms with Crippen LogP contribution in [0.3, 0.4) is 0 Å². The van der Waals surface area contributed by atoms with Crippen LogP contribution in [0.2, 0.25) is 0 Å². The second-order valence-electron chi connectivity index (χ2n) is 5.05. The van der Waals surface area contributed by atoms with Crippen molar-refractivity contribution in [2.45, 2.75) is 19.9 Å². The maximum atomic E-state index is 12.1. The Morgan fingerprint density at radius 3 is 2.86 bits per heavy atom. The number of aliphatic carboxylic acids is 1. The minimum Gasteiger partial charge on any atom is -0.480 e. The molecule has 0 aromatic carbocycles. The molecule has 0 atom stereocenters. The third-order valence-electron chi connectivity index (χ3n) is 3.29. The van der Waals surface area contributed by atoms with Gasteiger partial charge in [-0.15, -0.1) is 11.3 Å².